The maximum absolute atomic E-state index is 13.4. The molecular weight excluding hydrogens is 588 g/mol. The summed E-state index contributed by atoms with van der Waals surface area (Å²) >= 11 is 0. The lowest BCUT2D eigenvalue weighted by molar-refractivity contribution is -0.466. The molecule has 0 saturated carbocycles. The fraction of sp³-hybridized carbons (Fsp3) is 1.00. The van der Waals surface area contributed by atoms with Gasteiger partial charge in [0, 0.05) is 19.8 Å². The molecular formula is C13H12F16O6S. The highest BCUT2D eigenvalue weighted by Crippen LogP contribution is 2.48. The predicted molar refractivity (Wildman–Crippen MR) is 79.0 cm³/mol. The molecule has 0 aliphatic carbocycles. The number of hydrogen-bond donors (Lipinski definition) is 1. The Labute approximate surface area is 189 Å². The molecule has 0 spiro atoms. The van der Waals surface area contributed by atoms with Crippen molar-refractivity contribution >= 4 is 10.1 Å². The Bertz CT molecular complexity index is 853. The lowest BCUT2D eigenvalue weighted by Gasteiger charge is -2.32. The molecule has 0 bridgehead atoms. The average Bonchev–Trinajstić information content (AvgIpc) is 2.56. The molecule has 0 saturated heterocycles. The van der Waals surface area contributed by atoms with E-state index in [1.165, 1.54) is 0 Å². The summed E-state index contributed by atoms with van der Waals surface area (Å²) < 4.78 is 244. The van der Waals surface area contributed by atoms with Crippen LogP contribution in [0.25, 0.3) is 0 Å². The summed E-state index contributed by atoms with van der Waals surface area (Å²) in [7, 11) is -7.19. The summed E-state index contributed by atoms with van der Waals surface area (Å²) in [5, 5.41) is -6.87. The first kappa shape index (κ1) is 34.7. The summed E-state index contributed by atoms with van der Waals surface area (Å²) in [6.45, 7) is -4.51. The van der Waals surface area contributed by atoms with Crippen molar-refractivity contribution in [2.24, 2.45) is 0 Å². The Hall–Kier alpha value is -1.33. The predicted octanol–water partition coefficient (Wildman–Crippen LogP) is 5.59. The number of rotatable bonds is 15. The van der Waals surface area contributed by atoms with Gasteiger partial charge in [-0.25, -0.2) is 9.47 Å². The van der Waals surface area contributed by atoms with Gasteiger partial charge < -0.3 is 4.74 Å². The van der Waals surface area contributed by atoms with Gasteiger partial charge in [-0.2, -0.15) is 78.7 Å². The van der Waals surface area contributed by atoms with E-state index in [0.29, 0.717) is 0 Å². The monoisotopic (exact) mass is 600 g/mol. The van der Waals surface area contributed by atoms with Crippen molar-refractivity contribution in [2.75, 3.05) is 13.2 Å². The zero-order chi connectivity index (χ0) is 29.4. The third-order valence-electron chi connectivity index (χ3n) is 3.66. The maximum atomic E-state index is 13.4. The van der Waals surface area contributed by atoms with Crippen LogP contribution in [0.2, 0.25) is 0 Å². The largest absolute Gasteiger partial charge is 0.460 e. The molecule has 0 rings (SSSR count). The Morgan fingerprint density at radius 3 is 1.17 bits per heavy atom. The van der Waals surface area contributed by atoms with E-state index < -0.39 is 90.6 Å². The standard InChI is InChI=1S/C13H12F16O6S/c1-6(14,15)9(20,21)34-10(22,23)7(16,17)2-4-33-5-3-8(18,19)11(24,25)35-12(26,27)13(28,29)36(30,31)32/h2-5H2,1H3,(H,30,31,32). The molecule has 36 heavy (non-hydrogen) atoms. The summed E-state index contributed by atoms with van der Waals surface area (Å²) in [5.74, 6) is -17.1. The van der Waals surface area contributed by atoms with Crippen LogP contribution in [-0.2, 0) is 24.3 Å². The van der Waals surface area contributed by atoms with E-state index in [2.05, 4.69) is 9.47 Å². The molecule has 6 nitrogen and oxygen atoms in total. The minimum atomic E-state index is -7.19. The Balaban J connectivity index is 5.14. The van der Waals surface area contributed by atoms with Gasteiger partial charge in [0.05, 0.1) is 13.2 Å². The highest BCUT2D eigenvalue weighted by Gasteiger charge is 2.74. The first-order chi connectivity index (χ1) is 15.4. The maximum Gasteiger partial charge on any atom is 0.460 e. The van der Waals surface area contributed by atoms with Crippen LogP contribution in [0.4, 0.5) is 70.2 Å². The topological polar surface area (TPSA) is 82.1 Å². The zero-order valence-electron chi connectivity index (χ0n) is 16.8. The molecule has 0 atom stereocenters. The number of alkyl halides is 16. The van der Waals surface area contributed by atoms with Crippen LogP contribution in [0.3, 0.4) is 0 Å². The smallest absolute Gasteiger partial charge is 0.381 e. The van der Waals surface area contributed by atoms with Crippen molar-refractivity contribution in [3.05, 3.63) is 0 Å². The second-order valence-corrected chi connectivity index (χ2v) is 8.14. The van der Waals surface area contributed by atoms with Gasteiger partial charge in [0.15, 0.2) is 0 Å². The summed E-state index contributed by atoms with van der Waals surface area (Å²) in [6, 6.07) is 0. The average molecular weight is 600 g/mol. The van der Waals surface area contributed by atoms with Crippen LogP contribution in [0.15, 0.2) is 0 Å². The van der Waals surface area contributed by atoms with Gasteiger partial charge in [0.1, 0.15) is 0 Å². The molecule has 0 aromatic rings. The molecule has 0 aromatic heterocycles. The number of hydrogen-bond acceptors (Lipinski definition) is 5. The lowest BCUT2D eigenvalue weighted by Crippen LogP contribution is -2.56. The van der Waals surface area contributed by atoms with E-state index >= 15 is 0 Å². The fourth-order valence-corrected chi connectivity index (χ4v) is 1.91. The van der Waals surface area contributed by atoms with Gasteiger partial charge in [0.25, 0.3) is 0 Å². The van der Waals surface area contributed by atoms with Crippen molar-refractivity contribution in [1.82, 2.24) is 0 Å². The quantitative estimate of drug-likeness (QED) is 0.150. The fourth-order valence-electron chi connectivity index (χ4n) is 1.56. The molecule has 1 N–H and O–H groups in total. The molecule has 23 heteroatoms. The Morgan fingerprint density at radius 2 is 0.889 bits per heavy atom. The molecule has 0 heterocycles. The summed E-state index contributed by atoms with van der Waals surface area (Å²) in [5.41, 5.74) is 0. The summed E-state index contributed by atoms with van der Waals surface area (Å²) in [6.07, 6.45) is -31.1. The van der Waals surface area contributed by atoms with E-state index in [0.717, 1.165) is 0 Å². The molecule has 0 amide bonds. The van der Waals surface area contributed by atoms with Gasteiger partial charge in [-0.15, -0.1) is 0 Å². The van der Waals surface area contributed by atoms with Crippen molar-refractivity contribution < 1.29 is 97.4 Å². The van der Waals surface area contributed by atoms with Crippen molar-refractivity contribution in [3.63, 3.8) is 0 Å². The molecule has 0 aromatic carbocycles. The van der Waals surface area contributed by atoms with E-state index in [4.69, 9.17) is 4.55 Å². The molecule has 0 radical (unpaired) electrons. The van der Waals surface area contributed by atoms with Gasteiger partial charge >= 0.3 is 57.6 Å². The number of halogens is 16. The van der Waals surface area contributed by atoms with Gasteiger partial charge in [-0.1, -0.05) is 0 Å². The van der Waals surface area contributed by atoms with Crippen molar-refractivity contribution in [1.29, 1.82) is 0 Å². The first-order valence-electron chi connectivity index (χ1n) is 8.34. The second-order valence-electron chi connectivity index (χ2n) is 6.67. The second kappa shape index (κ2) is 10.1. The molecule has 0 unspecified atom stereocenters. The van der Waals surface area contributed by atoms with E-state index in [9.17, 15) is 78.7 Å². The van der Waals surface area contributed by atoms with Crippen LogP contribution in [0, 0.1) is 0 Å². The van der Waals surface area contributed by atoms with Gasteiger partial charge in [-0.3, -0.25) is 4.55 Å². The van der Waals surface area contributed by atoms with Crippen LogP contribution < -0.4 is 0 Å². The van der Waals surface area contributed by atoms with E-state index in [1.807, 2.05) is 4.74 Å². The number of ether oxygens (including phenoxy) is 3. The highest BCUT2D eigenvalue weighted by atomic mass is 32.2. The first-order valence-corrected chi connectivity index (χ1v) is 9.78. The lowest BCUT2D eigenvalue weighted by atomic mass is 10.2. The summed E-state index contributed by atoms with van der Waals surface area (Å²) in [4.78, 5) is 0. The minimum Gasteiger partial charge on any atom is -0.381 e. The van der Waals surface area contributed by atoms with Crippen LogP contribution in [0.1, 0.15) is 19.8 Å². The zero-order valence-corrected chi connectivity index (χ0v) is 17.6. The molecule has 0 aliphatic rings. The molecule has 218 valence electrons. The molecule has 0 fully saturated rings. The van der Waals surface area contributed by atoms with Gasteiger partial charge in [0.2, 0.25) is 0 Å². The normalized spacial score (nSPS) is 15.9. The van der Waals surface area contributed by atoms with Gasteiger partial charge in [-0.05, 0) is 0 Å². The third kappa shape index (κ3) is 7.60. The van der Waals surface area contributed by atoms with Crippen LogP contribution in [-0.4, -0.2) is 73.6 Å². The van der Waals surface area contributed by atoms with E-state index in [-0.39, 0.29) is 0 Å². The molecule has 0 aliphatic heterocycles. The van der Waals surface area contributed by atoms with Crippen molar-refractivity contribution in [2.45, 2.75) is 67.2 Å². The van der Waals surface area contributed by atoms with Crippen molar-refractivity contribution in [3.8, 4) is 0 Å². The van der Waals surface area contributed by atoms with Crippen LogP contribution >= 0.6 is 0 Å². The highest BCUT2D eigenvalue weighted by molar-refractivity contribution is 7.86. The third-order valence-corrected chi connectivity index (χ3v) is 4.54. The SMILES string of the molecule is CC(F)(F)C(F)(F)OC(F)(F)C(F)(F)CCOCCC(F)(F)C(F)(F)OC(F)(F)C(F)(F)S(=O)(=O)O. The van der Waals surface area contributed by atoms with E-state index in [1.54, 1.807) is 0 Å². The Morgan fingerprint density at radius 1 is 0.583 bits per heavy atom. The van der Waals surface area contributed by atoms with Crippen LogP contribution in [0.5, 0.6) is 0 Å². The minimum absolute atomic E-state index is 0.677. The Kier molecular flexibility index (Phi) is 9.72.